The van der Waals surface area contributed by atoms with Crippen LogP contribution < -0.4 is 14.8 Å². The van der Waals surface area contributed by atoms with Gasteiger partial charge in [-0.15, -0.1) is 13.2 Å². The van der Waals surface area contributed by atoms with E-state index in [1.165, 1.54) is 6.07 Å². The van der Waals surface area contributed by atoms with Crippen molar-refractivity contribution in [1.82, 2.24) is 0 Å². The first-order valence-electron chi connectivity index (χ1n) is 6.00. The van der Waals surface area contributed by atoms with Crippen LogP contribution in [0.3, 0.4) is 0 Å². The molecule has 3 rings (SSSR count). The molecule has 0 aliphatic carbocycles. The van der Waals surface area contributed by atoms with E-state index in [9.17, 15) is 18.0 Å². The van der Waals surface area contributed by atoms with Gasteiger partial charge < -0.3 is 14.8 Å². The second kappa shape index (κ2) is 5.20. The Morgan fingerprint density at radius 1 is 1.09 bits per heavy atom. The summed E-state index contributed by atoms with van der Waals surface area (Å²) in [6.07, 6.45) is -4.81. The van der Waals surface area contributed by atoms with E-state index in [1.807, 2.05) is 0 Å². The van der Waals surface area contributed by atoms with Crippen LogP contribution in [-0.2, 0) is 0 Å². The summed E-state index contributed by atoms with van der Waals surface area (Å²) in [7, 11) is 0. The summed E-state index contributed by atoms with van der Waals surface area (Å²) in [4.78, 5) is 12.1. The molecule has 1 amide bonds. The molecule has 0 bridgehead atoms. The van der Waals surface area contributed by atoms with E-state index >= 15 is 0 Å². The summed E-state index contributed by atoms with van der Waals surface area (Å²) in [5.41, 5.74) is 0.372. The summed E-state index contributed by atoms with van der Waals surface area (Å²) in [6.45, 7) is 0. The third kappa shape index (κ3) is 3.01. The molecule has 2 aromatic rings. The Labute approximate surface area is 131 Å². The number of alkyl halides is 3. The maximum absolute atomic E-state index is 12.2. The fourth-order valence-corrected chi connectivity index (χ4v) is 2.31. The van der Waals surface area contributed by atoms with E-state index in [2.05, 4.69) is 26.0 Å². The average Bonchev–Trinajstić information content (AvgIpc) is 2.52. The largest absolute Gasteiger partial charge is 0.573 e. The Hall–Kier alpha value is -2.22. The first kappa shape index (κ1) is 14.7. The normalized spacial score (nSPS) is 13.4. The van der Waals surface area contributed by atoms with Crippen molar-refractivity contribution >= 4 is 27.5 Å². The fourth-order valence-electron chi connectivity index (χ4n) is 1.97. The van der Waals surface area contributed by atoms with Gasteiger partial charge in [0, 0.05) is 10.5 Å². The zero-order valence-corrected chi connectivity index (χ0v) is 12.3. The summed E-state index contributed by atoms with van der Waals surface area (Å²) in [5, 5.41) is 2.50. The van der Waals surface area contributed by atoms with Crippen molar-refractivity contribution in [3.63, 3.8) is 0 Å². The predicted molar refractivity (Wildman–Crippen MR) is 75.3 cm³/mol. The molecule has 0 aromatic heterocycles. The SMILES string of the molecule is O=C1Nc2cc(OC(F)(F)F)ccc2Oc2cc(Br)ccc21. The minimum absolute atomic E-state index is 0.0964. The highest BCUT2D eigenvalue weighted by atomic mass is 79.9. The smallest absolute Gasteiger partial charge is 0.454 e. The van der Waals surface area contributed by atoms with Crippen LogP contribution in [0.1, 0.15) is 10.4 Å². The summed E-state index contributed by atoms with van der Waals surface area (Å²) in [6, 6.07) is 8.28. The third-order valence-corrected chi connectivity index (χ3v) is 3.33. The number of ether oxygens (including phenoxy) is 2. The van der Waals surface area contributed by atoms with Gasteiger partial charge in [0.15, 0.2) is 5.75 Å². The number of benzene rings is 2. The summed E-state index contributed by atoms with van der Waals surface area (Å²) in [5.74, 6) is -0.400. The lowest BCUT2D eigenvalue weighted by molar-refractivity contribution is -0.274. The first-order valence-corrected chi connectivity index (χ1v) is 6.80. The maximum atomic E-state index is 12.2. The van der Waals surface area contributed by atoms with Gasteiger partial charge in [-0.3, -0.25) is 4.79 Å². The summed E-state index contributed by atoms with van der Waals surface area (Å²) >= 11 is 3.26. The Morgan fingerprint density at radius 2 is 1.86 bits per heavy atom. The molecule has 1 N–H and O–H groups in total. The number of nitrogens with one attached hydrogen (secondary N) is 1. The number of amides is 1. The molecule has 1 aliphatic heterocycles. The van der Waals surface area contributed by atoms with Gasteiger partial charge in [0.1, 0.15) is 11.5 Å². The van der Waals surface area contributed by atoms with Gasteiger partial charge in [0.2, 0.25) is 0 Å². The highest BCUT2D eigenvalue weighted by Crippen LogP contribution is 2.39. The van der Waals surface area contributed by atoms with Crippen LogP contribution >= 0.6 is 15.9 Å². The third-order valence-electron chi connectivity index (χ3n) is 2.84. The van der Waals surface area contributed by atoms with Crippen LogP contribution in [-0.4, -0.2) is 12.3 Å². The molecule has 2 aromatic carbocycles. The molecule has 0 fully saturated rings. The lowest BCUT2D eigenvalue weighted by Crippen LogP contribution is -2.17. The van der Waals surface area contributed by atoms with Crippen LogP contribution in [0.15, 0.2) is 40.9 Å². The Kier molecular flexibility index (Phi) is 3.48. The van der Waals surface area contributed by atoms with E-state index in [4.69, 9.17) is 4.74 Å². The molecule has 0 saturated heterocycles. The highest BCUT2D eigenvalue weighted by Gasteiger charge is 2.31. The summed E-state index contributed by atoms with van der Waals surface area (Å²) < 4.78 is 46.9. The van der Waals surface area contributed by atoms with E-state index < -0.39 is 18.0 Å². The quantitative estimate of drug-likeness (QED) is 0.787. The molecule has 0 radical (unpaired) electrons. The molecule has 22 heavy (non-hydrogen) atoms. The van der Waals surface area contributed by atoms with Gasteiger partial charge in [-0.25, -0.2) is 0 Å². The van der Waals surface area contributed by atoms with E-state index in [1.54, 1.807) is 18.2 Å². The second-order valence-corrected chi connectivity index (χ2v) is 5.32. The van der Waals surface area contributed by atoms with E-state index in [0.717, 1.165) is 12.1 Å². The van der Waals surface area contributed by atoms with Crippen LogP contribution in [0.25, 0.3) is 0 Å². The minimum Gasteiger partial charge on any atom is -0.454 e. The highest BCUT2D eigenvalue weighted by molar-refractivity contribution is 9.10. The lowest BCUT2D eigenvalue weighted by Gasteiger charge is -2.12. The van der Waals surface area contributed by atoms with Crippen molar-refractivity contribution in [2.45, 2.75) is 6.36 Å². The topological polar surface area (TPSA) is 47.6 Å². The number of halogens is 4. The molecule has 4 nitrogen and oxygen atoms in total. The van der Waals surface area contributed by atoms with Crippen molar-refractivity contribution < 1.29 is 27.4 Å². The molecular formula is C14H7BrF3NO3. The van der Waals surface area contributed by atoms with Gasteiger partial charge in [-0.05, 0) is 30.3 Å². The van der Waals surface area contributed by atoms with Crippen molar-refractivity contribution in [3.05, 3.63) is 46.4 Å². The molecule has 1 aliphatic rings. The number of hydrogen-bond acceptors (Lipinski definition) is 3. The number of anilines is 1. The fraction of sp³-hybridized carbons (Fsp3) is 0.0714. The monoisotopic (exact) mass is 373 g/mol. The van der Waals surface area contributed by atoms with Gasteiger partial charge in [-0.1, -0.05) is 15.9 Å². The molecule has 114 valence electrons. The molecule has 0 unspecified atom stereocenters. The number of carbonyl (C=O) groups excluding carboxylic acids is 1. The van der Waals surface area contributed by atoms with Crippen LogP contribution in [0, 0.1) is 0 Å². The van der Waals surface area contributed by atoms with Crippen molar-refractivity contribution in [3.8, 4) is 17.2 Å². The molecule has 0 atom stereocenters. The molecular weight excluding hydrogens is 367 g/mol. The predicted octanol–water partition coefficient (Wildman–Crippen LogP) is 4.71. The van der Waals surface area contributed by atoms with Crippen LogP contribution in [0.5, 0.6) is 17.2 Å². The van der Waals surface area contributed by atoms with Crippen molar-refractivity contribution in [1.29, 1.82) is 0 Å². The van der Waals surface area contributed by atoms with Gasteiger partial charge in [0.25, 0.3) is 5.91 Å². The van der Waals surface area contributed by atoms with Crippen molar-refractivity contribution in [2.75, 3.05) is 5.32 Å². The number of carbonyl (C=O) groups is 1. The number of fused-ring (bicyclic) bond motifs is 2. The zero-order chi connectivity index (χ0) is 15.9. The van der Waals surface area contributed by atoms with Crippen LogP contribution in [0.4, 0.5) is 18.9 Å². The Balaban J connectivity index is 2.00. The lowest BCUT2D eigenvalue weighted by atomic mass is 10.2. The molecule has 0 spiro atoms. The number of rotatable bonds is 1. The second-order valence-electron chi connectivity index (χ2n) is 4.40. The standard InChI is InChI=1S/C14H7BrF3NO3/c15-7-1-3-9-12(5-7)21-11-4-2-8(22-14(16,17)18)6-10(11)19-13(9)20/h1-6H,(H,19,20). The zero-order valence-electron chi connectivity index (χ0n) is 10.7. The van der Waals surface area contributed by atoms with Gasteiger partial charge in [-0.2, -0.15) is 0 Å². The average molecular weight is 374 g/mol. The first-order chi connectivity index (χ1) is 10.3. The Morgan fingerprint density at radius 3 is 2.59 bits per heavy atom. The molecule has 8 heteroatoms. The van der Waals surface area contributed by atoms with Gasteiger partial charge in [0.05, 0.1) is 11.3 Å². The minimum atomic E-state index is -4.81. The van der Waals surface area contributed by atoms with Crippen LogP contribution in [0.2, 0.25) is 0 Å². The Bertz CT molecular complexity index is 761. The van der Waals surface area contributed by atoms with Crippen molar-refractivity contribution in [2.24, 2.45) is 0 Å². The molecule has 0 saturated carbocycles. The van der Waals surface area contributed by atoms with Gasteiger partial charge >= 0.3 is 6.36 Å². The van der Waals surface area contributed by atoms with E-state index in [0.29, 0.717) is 10.2 Å². The van der Waals surface area contributed by atoms with E-state index in [-0.39, 0.29) is 17.0 Å². The maximum Gasteiger partial charge on any atom is 0.573 e. The number of hydrogen-bond donors (Lipinski definition) is 1. The molecule has 1 heterocycles.